The zero-order chi connectivity index (χ0) is 44.8. The number of unbranched alkanes of at least 4 members (excludes halogenated alkanes) is 1. The molecule has 0 saturated carbocycles. The number of hydrogen-bond donors (Lipinski definition) is 8. The van der Waals surface area contributed by atoms with Crippen LogP contribution in [0.1, 0.15) is 51.5 Å². The number of aromatic amines is 1. The van der Waals surface area contributed by atoms with E-state index in [2.05, 4.69) is 36.7 Å². The Bertz CT molecular complexity index is 2270. The third-order valence-corrected chi connectivity index (χ3v) is 12.6. The minimum absolute atomic E-state index is 0.000550. The normalized spacial score (nSPS) is 22.0. The fraction of sp³-hybridized carbons (Fsp3) is 0.450. The highest BCUT2D eigenvalue weighted by Crippen LogP contribution is 2.23. The van der Waals surface area contributed by atoms with Gasteiger partial charge in [-0.25, -0.2) is 4.57 Å². The molecule has 5 rings (SSSR count). The van der Waals surface area contributed by atoms with Crippen LogP contribution in [0, 0.1) is 0 Å². The molecule has 20 nitrogen and oxygen atoms in total. The lowest BCUT2D eigenvalue weighted by molar-refractivity contribution is -0.671. The van der Waals surface area contributed by atoms with Crippen molar-refractivity contribution < 1.29 is 48.0 Å². The monoisotopic (exact) mass is 894 g/mol. The first kappa shape index (κ1) is 46.9. The molecule has 7 amide bonds. The van der Waals surface area contributed by atoms with Crippen molar-refractivity contribution in [1.29, 1.82) is 0 Å². The summed E-state index contributed by atoms with van der Waals surface area (Å²) >= 11 is 0. The Morgan fingerprint density at radius 1 is 0.919 bits per heavy atom. The minimum Gasteiger partial charge on any atom is -0.481 e. The van der Waals surface area contributed by atoms with E-state index >= 15 is 0 Å². The van der Waals surface area contributed by atoms with Crippen LogP contribution in [0.3, 0.4) is 0 Å². The van der Waals surface area contributed by atoms with E-state index in [9.17, 15) is 43.5 Å². The van der Waals surface area contributed by atoms with E-state index in [1.54, 1.807) is 16.9 Å². The maximum atomic E-state index is 14.1. The molecule has 4 aromatic rings. The summed E-state index contributed by atoms with van der Waals surface area (Å²) in [5, 5.41) is 27.4. The quantitative estimate of drug-likeness (QED) is 0.0541. The molecule has 0 bridgehead atoms. The molecule has 3 aromatic heterocycles. The molecule has 1 saturated heterocycles. The first-order valence-electron chi connectivity index (χ1n) is 20.1. The maximum Gasteiger partial charge on any atom is 0.307 e. The highest BCUT2D eigenvalue weighted by molar-refractivity contribution is 8.76. The first-order chi connectivity index (χ1) is 29.7. The van der Waals surface area contributed by atoms with Crippen molar-refractivity contribution in [1.82, 2.24) is 46.1 Å². The number of imidazole rings is 1. The van der Waals surface area contributed by atoms with Gasteiger partial charge in [0, 0.05) is 47.6 Å². The van der Waals surface area contributed by atoms with Gasteiger partial charge in [0.15, 0.2) is 6.20 Å². The van der Waals surface area contributed by atoms with E-state index in [4.69, 9.17) is 5.73 Å². The topological polar surface area (TPSA) is 283 Å². The summed E-state index contributed by atoms with van der Waals surface area (Å²) < 4.78 is 3.73. The van der Waals surface area contributed by atoms with Gasteiger partial charge in [0.25, 0.3) is 0 Å². The summed E-state index contributed by atoms with van der Waals surface area (Å²) in [6, 6.07) is 4.94. The second kappa shape index (κ2) is 22.6. The van der Waals surface area contributed by atoms with Gasteiger partial charge >= 0.3 is 11.6 Å². The lowest BCUT2D eigenvalue weighted by Gasteiger charge is -2.32. The lowest BCUT2D eigenvalue weighted by Crippen LogP contribution is -2.59. The molecular formula is C40H52N11O9S2+. The Labute approximate surface area is 364 Å². The summed E-state index contributed by atoms with van der Waals surface area (Å²) in [5.41, 5.74) is 8.26. The number of rotatable bonds is 11. The number of carbonyl (C=O) groups excluding carboxylic acids is 7. The van der Waals surface area contributed by atoms with Crippen molar-refractivity contribution >= 4 is 85.5 Å². The van der Waals surface area contributed by atoms with Gasteiger partial charge in [0.05, 0.1) is 25.7 Å². The van der Waals surface area contributed by atoms with Gasteiger partial charge in [-0.1, -0.05) is 44.9 Å². The van der Waals surface area contributed by atoms with Gasteiger partial charge in [-0.05, 0) is 57.2 Å². The van der Waals surface area contributed by atoms with Crippen molar-refractivity contribution in [3.05, 3.63) is 66.7 Å². The van der Waals surface area contributed by atoms with Gasteiger partial charge in [0.2, 0.25) is 41.4 Å². The van der Waals surface area contributed by atoms with Gasteiger partial charge < -0.3 is 47.3 Å². The third kappa shape index (κ3) is 13.2. The van der Waals surface area contributed by atoms with Crippen LogP contribution >= 0.6 is 21.6 Å². The predicted octanol–water partition coefficient (Wildman–Crippen LogP) is -0.446. The Hall–Kier alpha value is -6.16. The molecule has 9 N–H and O–H groups in total. The number of nitrogens with zero attached hydrogens (tertiary/aromatic N) is 4. The van der Waals surface area contributed by atoms with E-state index in [1.807, 2.05) is 53.4 Å². The molecular weight excluding hydrogens is 843 g/mol. The molecule has 2 unspecified atom stereocenters. The fourth-order valence-corrected chi connectivity index (χ4v) is 9.02. The van der Waals surface area contributed by atoms with E-state index in [1.165, 1.54) is 40.3 Å². The largest absolute Gasteiger partial charge is 0.481 e. The van der Waals surface area contributed by atoms with E-state index in [0.29, 0.717) is 25.8 Å². The van der Waals surface area contributed by atoms with Gasteiger partial charge in [-0.3, -0.25) is 38.4 Å². The van der Waals surface area contributed by atoms with Crippen molar-refractivity contribution in [2.24, 2.45) is 5.73 Å². The average molecular weight is 895 g/mol. The van der Waals surface area contributed by atoms with E-state index in [0.717, 1.165) is 22.1 Å². The lowest BCUT2D eigenvalue weighted by atomic mass is 10.1. The molecule has 0 radical (unpaired) electrons. The Morgan fingerprint density at radius 3 is 2.47 bits per heavy atom. The molecule has 0 spiro atoms. The van der Waals surface area contributed by atoms with Crippen molar-refractivity contribution in [2.75, 3.05) is 24.6 Å². The Morgan fingerprint density at radius 2 is 1.69 bits per heavy atom. The van der Waals surface area contributed by atoms with Crippen LogP contribution in [0.15, 0.2) is 61.2 Å². The number of nitrogens with one attached hydrogen (secondary N) is 6. The minimum atomic E-state index is -1.66. The second-order valence-electron chi connectivity index (χ2n) is 14.7. The molecule has 5 atom stereocenters. The van der Waals surface area contributed by atoms with Crippen LogP contribution in [-0.2, 0) is 51.3 Å². The highest BCUT2D eigenvalue weighted by atomic mass is 33.1. The molecule has 1 aromatic carbocycles. The molecule has 1 fully saturated rings. The van der Waals surface area contributed by atoms with Crippen LogP contribution in [0.25, 0.3) is 16.6 Å². The van der Waals surface area contributed by atoms with Crippen LogP contribution in [0.5, 0.6) is 0 Å². The molecule has 1 aliphatic rings. The summed E-state index contributed by atoms with van der Waals surface area (Å²) in [6.45, 7) is 2.78. The fourth-order valence-electron chi connectivity index (χ4n) is 6.85. The maximum absolute atomic E-state index is 14.1. The first-order valence-corrected chi connectivity index (χ1v) is 22.6. The number of fused-ring (bicyclic) bond motifs is 2. The smallest absolute Gasteiger partial charge is 0.307 e. The number of benzene rings is 1. The highest BCUT2D eigenvalue weighted by Gasteiger charge is 2.34. The van der Waals surface area contributed by atoms with Gasteiger partial charge in [-0.2, -0.15) is 0 Å². The van der Waals surface area contributed by atoms with Crippen LogP contribution < -0.4 is 36.9 Å². The number of nitrogens with two attached hydrogens (primary N) is 1. The van der Waals surface area contributed by atoms with E-state index < -0.39 is 90.5 Å². The van der Waals surface area contributed by atoms with Gasteiger partial charge in [0.1, 0.15) is 36.4 Å². The number of carboxylic acid groups (broad SMARTS) is 1. The number of hydrogen-bond acceptors (Lipinski definition) is 11. The zero-order valence-corrected chi connectivity index (χ0v) is 36.0. The van der Waals surface area contributed by atoms with E-state index in [-0.39, 0.29) is 30.9 Å². The van der Waals surface area contributed by atoms with Crippen LogP contribution in [0.2, 0.25) is 0 Å². The molecule has 22 heteroatoms. The SMILES string of the molecule is C[C@@H]1NC(=O)[C@H](CC(=O)O)NC(=O)CNC(=O)C(CCCC[n+]2ccn3ncccc32)NC(=O)CCSSCC(C(N)=O)NC(=O)[C@H](C)N(CCc2c[nH]c3ccccc23)C1=O. The van der Waals surface area contributed by atoms with Gasteiger partial charge in [-0.15, -0.1) is 4.52 Å². The summed E-state index contributed by atoms with van der Waals surface area (Å²) in [7, 11) is 2.46. The van der Waals surface area contributed by atoms with Crippen molar-refractivity contribution in [2.45, 2.75) is 89.1 Å². The number of aliphatic carboxylic acids is 1. The number of carbonyl (C=O) groups is 8. The molecule has 62 heavy (non-hydrogen) atoms. The average Bonchev–Trinajstić information content (AvgIpc) is 3.86. The molecule has 0 aliphatic carbocycles. The number of primary amides is 1. The van der Waals surface area contributed by atoms with Crippen LogP contribution in [-0.4, -0.2) is 127 Å². The van der Waals surface area contributed by atoms with Crippen molar-refractivity contribution in [3.63, 3.8) is 0 Å². The molecule has 332 valence electrons. The summed E-state index contributed by atoms with van der Waals surface area (Å²) in [4.78, 5) is 110. The number of aryl methyl sites for hydroxylation is 1. The second-order valence-corrected chi connectivity index (χ2v) is 17.4. The van der Waals surface area contributed by atoms with Crippen molar-refractivity contribution in [3.8, 4) is 0 Å². The number of aromatic nitrogens is 4. The summed E-state index contributed by atoms with van der Waals surface area (Å²) in [5.74, 6) is -6.34. The number of para-hydroxylation sites is 1. The number of carboxylic acids is 1. The Kier molecular flexibility index (Phi) is 17.1. The molecule has 4 heterocycles. The molecule has 1 aliphatic heterocycles. The zero-order valence-electron chi connectivity index (χ0n) is 34.3. The van der Waals surface area contributed by atoms with Crippen LogP contribution in [0.4, 0.5) is 0 Å². The number of amides is 7. The number of H-pyrrole nitrogens is 1. The standard InChI is InChI=1S/C40H51N11O9S2/c1-24-40(60)50(16-12-26-21-42-28-9-4-3-8-27(26)28)25(2)37(57)48-31(36(41)56)23-62-61-19-13-32(52)46-29(10-5-6-15-49-17-18-51-34(49)11-7-14-44-51)38(58)43-22-33(53)47-30(20-35(54)55)39(59)45-24/h3-4,7-9,11,14,17-18,21,24-25,29-31,42H,5-6,10,12-13,15-16,19-20,22-23H2,1-2H3,(H7-,41,43,45,46,47,48,52,53,54,55,56,57,58,59)/p+1/t24-,25-,29?,30-,31?/m0/s1. The predicted molar refractivity (Wildman–Crippen MR) is 230 cm³/mol. The Balaban J connectivity index is 1.31. The summed E-state index contributed by atoms with van der Waals surface area (Å²) in [6.07, 6.45) is 7.96. The third-order valence-electron chi connectivity index (χ3n) is 10.2.